The summed E-state index contributed by atoms with van der Waals surface area (Å²) in [6.45, 7) is 4.17. The summed E-state index contributed by atoms with van der Waals surface area (Å²) < 4.78 is 3.87. The van der Waals surface area contributed by atoms with Crippen LogP contribution in [0, 0.1) is 4.77 Å². The minimum atomic E-state index is -0.0172. The van der Waals surface area contributed by atoms with Crippen molar-refractivity contribution in [2.24, 2.45) is 7.05 Å². The van der Waals surface area contributed by atoms with Crippen LogP contribution in [0.15, 0.2) is 10.2 Å². The highest BCUT2D eigenvalue weighted by Gasteiger charge is 2.17. The molecular formula is C11H12N4OS2. The third-order valence-corrected chi connectivity index (χ3v) is 4.35. The van der Waals surface area contributed by atoms with Crippen molar-refractivity contribution in [1.29, 1.82) is 0 Å². The average molecular weight is 280 g/mol. The monoisotopic (exact) mass is 280 g/mol. The molecule has 3 aromatic heterocycles. The van der Waals surface area contributed by atoms with E-state index in [2.05, 4.69) is 24.0 Å². The Bertz CT molecular complexity index is 865. The van der Waals surface area contributed by atoms with E-state index >= 15 is 0 Å². The molecule has 0 fully saturated rings. The molecule has 0 unspecified atom stereocenters. The van der Waals surface area contributed by atoms with Gasteiger partial charge in [0, 0.05) is 7.05 Å². The van der Waals surface area contributed by atoms with Crippen molar-refractivity contribution >= 4 is 39.5 Å². The molecule has 0 atom stereocenters. The molecule has 3 aromatic rings. The molecule has 0 saturated carbocycles. The summed E-state index contributed by atoms with van der Waals surface area (Å²) in [4.78, 5) is 13.3. The normalized spacial score (nSPS) is 12.0. The average Bonchev–Trinajstić information content (AvgIpc) is 2.89. The molecule has 0 aliphatic carbocycles. The first kappa shape index (κ1) is 11.6. The topological polar surface area (TPSA) is 55.1 Å². The van der Waals surface area contributed by atoms with E-state index < -0.39 is 0 Å². The molecule has 0 aliphatic heterocycles. The zero-order valence-corrected chi connectivity index (χ0v) is 11.9. The lowest BCUT2D eigenvalue weighted by atomic mass is 10.0. The number of hydrogen-bond donors (Lipinski definition) is 1. The molecular weight excluding hydrogens is 268 g/mol. The predicted molar refractivity (Wildman–Crippen MR) is 75.1 cm³/mol. The van der Waals surface area contributed by atoms with Crippen LogP contribution < -0.4 is 5.56 Å². The van der Waals surface area contributed by atoms with Gasteiger partial charge in [-0.3, -0.25) is 9.36 Å². The first-order chi connectivity index (χ1) is 8.52. The van der Waals surface area contributed by atoms with Gasteiger partial charge < -0.3 is 0 Å². The third kappa shape index (κ3) is 1.34. The fourth-order valence-corrected chi connectivity index (χ4v) is 3.63. The smallest absolute Gasteiger partial charge is 0.263 e. The Hall–Kier alpha value is -1.47. The lowest BCUT2D eigenvalue weighted by molar-refractivity contribution is 0.846. The zero-order valence-electron chi connectivity index (χ0n) is 10.2. The minimum absolute atomic E-state index is 0.0172. The Morgan fingerprint density at radius 1 is 1.50 bits per heavy atom. The number of aryl methyl sites for hydroxylation is 1. The SMILES string of the molecule is CC(C)c1csc2c1c(=O)n(C)c1n[nH]c(=S)n21. The molecule has 0 radical (unpaired) electrons. The summed E-state index contributed by atoms with van der Waals surface area (Å²) in [5.41, 5.74) is 1.05. The molecule has 18 heavy (non-hydrogen) atoms. The Labute approximate surface area is 112 Å². The van der Waals surface area contributed by atoms with Crippen molar-refractivity contribution in [2.75, 3.05) is 0 Å². The zero-order chi connectivity index (χ0) is 13.0. The predicted octanol–water partition coefficient (Wildman–Crippen LogP) is 2.43. The van der Waals surface area contributed by atoms with E-state index in [0.29, 0.717) is 16.5 Å². The summed E-state index contributed by atoms with van der Waals surface area (Å²) in [7, 11) is 1.72. The van der Waals surface area contributed by atoms with Crippen molar-refractivity contribution in [3.63, 3.8) is 0 Å². The lowest BCUT2D eigenvalue weighted by Crippen LogP contribution is -2.20. The van der Waals surface area contributed by atoms with Crippen LogP contribution in [0.5, 0.6) is 0 Å². The van der Waals surface area contributed by atoms with E-state index in [9.17, 15) is 4.79 Å². The first-order valence-electron chi connectivity index (χ1n) is 5.59. The molecule has 5 nitrogen and oxygen atoms in total. The molecule has 94 valence electrons. The van der Waals surface area contributed by atoms with E-state index in [1.54, 1.807) is 7.05 Å². The van der Waals surface area contributed by atoms with Gasteiger partial charge in [-0.25, -0.2) is 9.50 Å². The second-order valence-corrected chi connectivity index (χ2v) is 5.80. The van der Waals surface area contributed by atoms with Crippen LogP contribution in [-0.2, 0) is 7.05 Å². The molecule has 7 heteroatoms. The Morgan fingerprint density at radius 3 is 2.89 bits per heavy atom. The Balaban J connectivity index is 2.69. The molecule has 3 rings (SSSR count). The van der Waals surface area contributed by atoms with Gasteiger partial charge in [-0.1, -0.05) is 13.8 Å². The number of rotatable bonds is 1. The van der Waals surface area contributed by atoms with E-state index in [4.69, 9.17) is 12.2 Å². The van der Waals surface area contributed by atoms with Crippen molar-refractivity contribution in [2.45, 2.75) is 19.8 Å². The maximum absolute atomic E-state index is 12.4. The first-order valence-corrected chi connectivity index (χ1v) is 6.88. The minimum Gasteiger partial charge on any atom is -0.279 e. The van der Waals surface area contributed by atoms with Gasteiger partial charge in [0.25, 0.3) is 5.56 Å². The Kier molecular flexibility index (Phi) is 2.43. The van der Waals surface area contributed by atoms with Crippen LogP contribution in [0.2, 0.25) is 0 Å². The van der Waals surface area contributed by atoms with Gasteiger partial charge in [-0.15, -0.1) is 16.4 Å². The second-order valence-electron chi connectivity index (χ2n) is 4.55. The maximum Gasteiger partial charge on any atom is 0.263 e. The highest BCUT2D eigenvalue weighted by Crippen LogP contribution is 2.29. The van der Waals surface area contributed by atoms with Crippen LogP contribution in [0.4, 0.5) is 0 Å². The van der Waals surface area contributed by atoms with Crippen LogP contribution >= 0.6 is 23.6 Å². The largest absolute Gasteiger partial charge is 0.279 e. The molecule has 3 heterocycles. The molecule has 0 saturated heterocycles. The summed E-state index contributed by atoms with van der Waals surface area (Å²) in [5.74, 6) is 0.861. The fraction of sp³-hybridized carbons (Fsp3) is 0.364. The summed E-state index contributed by atoms with van der Waals surface area (Å²) in [5, 5.41) is 9.62. The summed E-state index contributed by atoms with van der Waals surface area (Å²) >= 11 is 6.76. The molecule has 0 amide bonds. The summed E-state index contributed by atoms with van der Waals surface area (Å²) in [6.07, 6.45) is 0. The lowest BCUT2D eigenvalue weighted by Gasteiger charge is -2.05. The van der Waals surface area contributed by atoms with Crippen molar-refractivity contribution in [1.82, 2.24) is 19.2 Å². The van der Waals surface area contributed by atoms with Crippen LogP contribution in [-0.4, -0.2) is 19.2 Å². The Morgan fingerprint density at radius 2 is 2.22 bits per heavy atom. The highest BCUT2D eigenvalue weighted by molar-refractivity contribution is 7.71. The van der Waals surface area contributed by atoms with E-state index in [0.717, 1.165) is 15.8 Å². The fourth-order valence-electron chi connectivity index (χ4n) is 2.12. The number of aromatic amines is 1. The second kappa shape index (κ2) is 3.76. The number of aromatic nitrogens is 4. The van der Waals surface area contributed by atoms with Crippen LogP contribution in [0.25, 0.3) is 16.0 Å². The highest BCUT2D eigenvalue weighted by atomic mass is 32.1. The molecule has 0 aromatic carbocycles. The number of H-pyrrole nitrogens is 1. The summed E-state index contributed by atoms with van der Waals surface area (Å²) in [6, 6.07) is 0. The van der Waals surface area contributed by atoms with E-state index in [1.807, 2.05) is 9.78 Å². The van der Waals surface area contributed by atoms with Crippen LogP contribution in [0.3, 0.4) is 0 Å². The molecule has 0 bridgehead atoms. The number of thiophene rings is 1. The van der Waals surface area contributed by atoms with Crippen LogP contribution in [0.1, 0.15) is 25.3 Å². The van der Waals surface area contributed by atoms with Gasteiger partial charge in [0.2, 0.25) is 10.5 Å². The van der Waals surface area contributed by atoms with E-state index in [-0.39, 0.29) is 5.56 Å². The standard InChI is InChI=1S/C11H12N4OS2/c1-5(2)6-4-18-9-7(6)8(16)14(3)10-12-13-11(17)15(9)10/h4-5H,1-3H3,(H,13,17). The van der Waals surface area contributed by atoms with Gasteiger partial charge in [-0.05, 0) is 29.1 Å². The van der Waals surface area contributed by atoms with E-state index in [1.165, 1.54) is 15.9 Å². The number of nitrogens with one attached hydrogen (secondary N) is 1. The van der Waals surface area contributed by atoms with Crippen molar-refractivity contribution in [3.05, 3.63) is 26.1 Å². The number of hydrogen-bond acceptors (Lipinski definition) is 4. The molecule has 0 aliphatic rings. The maximum atomic E-state index is 12.4. The van der Waals surface area contributed by atoms with Gasteiger partial charge >= 0.3 is 0 Å². The number of nitrogens with zero attached hydrogens (tertiary/aromatic N) is 3. The molecule has 1 N–H and O–H groups in total. The van der Waals surface area contributed by atoms with Gasteiger partial charge in [0.15, 0.2) is 0 Å². The third-order valence-electron chi connectivity index (χ3n) is 3.10. The number of fused-ring (bicyclic) bond motifs is 3. The quantitative estimate of drug-likeness (QED) is 0.697. The van der Waals surface area contributed by atoms with Gasteiger partial charge in [-0.2, -0.15) is 0 Å². The van der Waals surface area contributed by atoms with Gasteiger partial charge in [0.1, 0.15) is 4.83 Å². The van der Waals surface area contributed by atoms with Gasteiger partial charge in [0.05, 0.1) is 5.39 Å². The molecule has 0 spiro atoms. The van der Waals surface area contributed by atoms with Crippen molar-refractivity contribution in [3.8, 4) is 0 Å². The van der Waals surface area contributed by atoms with Crippen molar-refractivity contribution < 1.29 is 0 Å².